The molecule has 1 aromatic heterocycles. The third kappa shape index (κ3) is 5.06. The molecule has 0 amide bonds. The average Bonchev–Trinajstić information content (AvgIpc) is 2.67. The lowest BCUT2D eigenvalue weighted by atomic mass is 10.2. The Hall–Kier alpha value is -3.96. The lowest BCUT2D eigenvalue weighted by molar-refractivity contribution is 0.328. The van der Waals surface area contributed by atoms with E-state index in [0.717, 1.165) is 0 Å². The SMILES string of the molecule is NC(N)=NCCCn1cc2c(nc1=O)Nc1c(OCCN=C(N)N)cccc1O2. The van der Waals surface area contributed by atoms with Gasteiger partial charge in [-0.05, 0) is 18.6 Å². The van der Waals surface area contributed by atoms with Gasteiger partial charge >= 0.3 is 5.69 Å². The highest BCUT2D eigenvalue weighted by Crippen LogP contribution is 2.44. The highest BCUT2D eigenvalue weighted by Gasteiger charge is 2.22. The number of aromatic nitrogens is 2. The number of aryl methyl sites for hydroxylation is 1. The first-order chi connectivity index (χ1) is 13.9. The Bertz CT molecular complexity index is 992. The molecule has 154 valence electrons. The number of nitrogens with one attached hydrogen (secondary N) is 1. The topological polar surface area (TPSA) is 194 Å². The van der Waals surface area contributed by atoms with Crippen LogP contribution in [0.2, 0.25) is 0 Å². The summed E-state index contributed by atoms with van der Waals surface area (Å²) in [6, 6.07) is 5.34. The van der Waals surface area contributed by atoms with Crippen LogP contribution >= 0.6 is 0 Å². The maximum Gasteiger partial charge on any atom is 0.349 e. The summed E-state index contributed by atoms with van der Waals surface area (Å²) in [5.41, 5.74) is 21.3. The zero-order valence-corrected chi connectivity index (χ0v) is 15.7. The molecule has 2 heterocycles. The predicted molar refractivity (Wildman–Crippen MR) is 110 cm³/mol. The number of aliphatic imine (C=N–C) groups is 2. The highest BCUT2D eigenvalue weighted by atomic mass is 16.5. The van der Waals surface area contributed by atoms with E-state index in [0.29, 0.717) is 54.8 Å². The number of nitrogens with two attached hydrogens (primary N) is 4. The van der Waals surface area contributed by atoms with E-state index in [4.69, 9.17) is 32.4 Å². The van der Waals surface area contributed by atoms with Crippen molar-refractivity contribution in [3.63, 3.8) is 0 Å². The Morgan fingerprint density at radius 2 is 1.90 bits per heavy atom. The Labute approximate surface area is 166 Å². The van der Waals surface area contributed by atoms with Gasteiger partial charge in [-0.25, -0.2) is 4.79 Å². The van der Waals surface area contributed by atoms with E-state index in [1.54, 1.807) is 24.4 Å². The molecule has 0 atom stereocenters. The van der Waals surface area contributed by atoms with Gasteiger partial charge in [-0.15, -0.1) is 0 Å². The molecule has 0 spiro atoms. The molecule has 1 aliphatic rings. The van der Waals surface area contributed by atoms with Crippen molar-refractivity contribution in [1.29, 1.82) is 0 Å². The fourth-order valence-corrected chi connectivity index (χ4v) is 2.65. The molecule has 1 aliphatic heterocycles. The van der Waals surface area contributed by atoms with Gasteiger partial charge in [0.2, 0.25) is 0 Å². The second kappa shape index (κ2) is 8.82. The van der Waals surface area contributed by atoms with Gasteiger partial charge < -0.3 is 37.7 Å². The summed E-state index contributed by atoms with van der Waals surface area (Å²) in [4.78, 5) is 24.1. The van der Waals surface area contributed by atoms with Crippen LogP contribution in [0.5, 0.6) is 17.2 Å². The lowest BCUT2D eigenvalue weighted by Gasteiger charge is -2.23. The van der Waals surface area contributed by atoms with Crippen LogP contribution in [-0.2, 0) is 6.54 Å². The number of ether oxygens (including phenoxy) is 2. The van der Waals surface area contributed by atoms with Gasteiger partial charge in [0.1, 0.15) is 18.0 Å². The zero-order valence-electron chi connectivity index (χ0n) is 15.7. The van der Waals surface area contributed by atoms with E-state index in [-0.39, 0.29) is 18.5 Å². The molecule has 0 saturated carbocycles. The minimum absolute atomic E-state index is 0.00199. The van der Waals surface area contributed by atoms with Crippen molar-refractivity contribution in [2.75, 3.05) is 25.0 Å². The molecule has 0 saturated heterocycles. The third-order valence-corrected chi connectivity index (χ3v) is 3.91. The van der Waals surface area contributed by atoms with Crippen LogP contribution in [0.4, 0.5) is 11.5 Å². The fourth-order valence-electron chi connectivity index (χ4n) is 2.65. The average molecular weight is 401 g/mol. The number of rotatable bonds is 8. The molecule has 0 unspecified atom stereocenters. The molecule has 29 heavy (non-hydrogen) atoms. The summed E-state index contributed by atoms with van der Waals surface area (Å²) in [6.45, 7) is 1.40. The molecular formula is C17H23N9O3. The van der Waals surface area contributed by atoms with E-state index >= 15 is 0 Å². The second-order valence-electron chi connectivity index (χ2n) is 6.10. The van der Waals surface area contributed by atoms with E-state index in [2.05, 4.69) is 20.3 Å². The van der Waals surface area contributed by atoms with Crippen LogP contribution in [0, 0.1) is 0 Å². The fraction of sp³-hybridized carbons (Fsp3) is 0.294. The van der Waals surface area contributed by atoms with E-state index < -0.39 is 5.69 Å². The lowest BCUT2D eigenvalue weighted by Crippen LogP contribution is -2.26. The van der Waals surface area contributed by atoms with E-state index in [1.165, 1.54) is 4.57 Å². The molecular weight excluding hydrogens is 378 g/mol. The maximum absolute atomic E-state index is 12.3. The first-order valence-corrected chi connectivity index (χ1v) is 8.87. The third-order valence-electron chi connectivity index (χ3n) is 3.91. The van der Waals surface area contributed by atoms with Crippen molar-refractivity contribution < 1.29 is 9.47 Å². The Kier molecular flexibility index (Phi) is 6.02. The largest absolute Gasteiger partial charge is 0.489 e. The molecule has 0 fully saturated rings. The van der Waals surface area contributed by atoms with Crippen LogP contribution in [0.3, 0.4) is 0 Å². The first-order valence-electron chi connectivity index (χ1n) is 8.87. The van der Waals surface area contributed by atoms with Crippen LogP contribution in [0.25, 0.3) is 0 Å². The Morgan fingerprint density at radius 1 is 1.14 bits per heavy atom. The number of benzene rings is 1. The van der Waals surface area contributed by atoms with Crippen LogP contribution in [-0.4, -0.2) is 41.2 Å². The predicted octanol–water partition coefficient (Wildman–Crippen LogP) is -0.592. The van der Waals surface area contributed by atoms with Crippen molar-refractivity contribution in [2.45, 2.75) is 13.0 Å². The zero-order chi connectivity index (χ0) is 20.8. The summed E-state index contributed by atoms with van der Waals surface area (Å²) in [5.74, 6) is 1.82. The van der Waals surface area contributed by atoms with Gasteiger partial charge in [0.15, 0.2) is 29.2 Å². The van der Waals surface area contributed by atoms with Gasteiger partial charge in [0.05, 0.1) is 12.7 Å². The Morgan fingerprint density at radius 3 is 2.66 bits per heavy atom. The number of guanidine groups is 2. The van der Waals surface area contributed by atoms with Crippen LogP contribution < -0.4 is 43.4 Å². The number of anilines is 2. The molecule has 2 aromatic rings. The minimum Gasteiger partial charge on any atom is -0.489 e. The van der Waals surface area contributed by atoms with Crippen molar-refractivity contribution in [3.05, 3.63) is 34.9 Å². The molecule has 0 aliphatic carbocycles. The molecule has 9 N–H and O–H groups in total. The number of para-hydroxylation sites is 1. The molecule has 3 rings (SSSR count). The molecule has 12 heteroatoms. The van der Waals surface area contributed by atoms with Gasteiger partial charge in [-0.1, -0.05) is 6.07 Å². The monoisotopic (exact) mass is 401 g/mol. The molecule has 0 bridgehead atoms. The summed E-state index contributed by atoms with van der Waals surface area (Å²) in [5, 5.41) is 3.09. The highest BCUT2D eigenvalue weighted by molar-refractivity contribution is 5.78. The summed E-state index contributed by atoms with van der Waals surface area (Å²) >= 11 is 0. The van der Waals surface area contributed by atoms with E-state index in [9.17, 15) is 4.79 Å². The van der Waals surface area contributed by atoms with Gasteiger partial charge in [0.25, 0.3) is 0 Å². The standard InChI is InChI=1S/C17H23N9O3/c18-15(19)22-5-2-7-26-9-12-14(25-17(26)27)24-13-10(3-1-4-11(13)29-12)28-8-6-23-16(20)21/h1,3-4,9H,2,5-8H2,(H4,18,19,22)(H4,20,21,23)(H,24,25,27). The Balaban J connectivity index is 1.73. The van der Waals surface area contributed by atoms with E-state index in [1.807, 2.05) is 0 Å². The summed E-state index contributed by atoms with van der Waals surface area (Å²) < 4.78 is 13.1. The van der Waals surface area contributed by atoms with Crippen molar-refractivity contribution in [1.82, 2.24) is 9.55 Å². The van der Waals surface area contributed by atoms with Crippen LogP contribution in [0.1, 0.15) is 6.42 Å². The molecule has 1 aromatic carbocycles. The number of nitrogens with zero attached hydrogens (tertiary/aromatic N) is 4. The number of hydrogen-bond acceptors (Lipinski definition) is 7. The van der Waals surface area contributed by atoms with Crippen molar-refractivity contribution in [2.24, 2.45) is 32.9 Å². The van der Waals surface area contributed by atoms with Gasteiger partial charge in [-0.2, -0.15) is 4.98 Å². The normalized spacial score (nSPS) is 11.3. The van der Waals surface area contributed by atoms with Crippen molar-refractivity contribution >= 4 is 23.4 Å². The maximum atomic E-state index is 12.3. The van der Waals surface area contributed by atoms with Gasteiger partial charge in [0, 0.05) is 13.1 Å². The molecule has 0 radical (unpaired) electrons. The molecule has 12 nitrogen and oxygen atoms in total. The van der Waals surface area contributed by atoms with Crippen LogP contribution in [0.15, 0.2) is 39.2 Å². The second-order valence-corrected chi connectivity index (χ2v) is 6.10. The minimum atomic E-state index is -0.417. The smallest absolute Gasteiger partial charge is 0.349 e. The van der Waals surface area contributed by atoms with Crippen molar-refractivity contribution in [3.8, 4) is 17.2 Å². The summed E-state index contributed by atoms with van der Waals surface area (Å²) in [7, 11) is 0. The first kappa shape index (κ1) is 19.8. The number of hydrogen-bond donors (Lipinski definition) is 5. The quantitative estimate of drug-likeness (QED) is 0.186. The summed E-state index contributed by atoms with van der Waals surface area (Å²) in [6.07, 6.45) is 2.18. The number of fused-ring (bicyclic) bond motifs is 2. The van der Waals surface area contributed by atoms with Gasteiger partial charge in [-0.3, -0.25) is 14.6 Å².